The number of aryl methyl sites for hydroxylation is 1. The van der Waals surface area contributed by atoms with E-state index in [1.807, 2.05) is 0 Å². The van der Waals surface area contributed by atoms with E-state index >= 15 is 0 Å². The molecular weight excluding hydrogens is 356 g/mol. The molecule has 0 aromatic heterocycles. The fourth-order valence-corrected chi connectivity index (χ4v) is 2.78. The lowest BCUT2D eigenvalue weighted by Gasteiger charge is -2.10. The van der Waals surface area contributed by atoms with Gasteiger partial charge in [-0.1, -0.05) is 37.8 Å². The van der Waals surface area contributed by atoms with Gasteiger partial charge in [-0.3, -0.25) is 9.59 Å². The minimum Gasteiger partial charge on any atom is -0.478 e. The molecule has 0 fully saturated rings. The number of hydrogen-bond donors (Lipinski definition) is 3. The van der Waals surface area contributed by atoms with Crippen molar-refractivity contribution in [3.63, 3.8) is 0 Å². The fraction of sp³-hybridized carbons (Fsp3) is 0.318. The molecule has 2 aromatic carbocycles. The molecule has 0 bridgehead atoms. The second kappa shape index (κ2) is 10.3. The van der Waals surface area contributed by atoms with E-state index in [1.165, 1.54) is 6.07 Å². The molecule has 6 nitrogen and oxygen atoms in total. The lowest BCUT2D eigenvalue weighted by Crippen LogP contribution is -2.15. The summed E-state index contributed by atoms with van der Waals surface area (Å²) in [7, 11) is 0. The molecule has 6 heteroatoms. The number of anilines is 2. The third kappa shape index (κ3) is 6.23. The van der Waals surface area contributed by atoms with E-state index in [2.05, 4.69) is 17.6 Å². The van der Waals surface area contributed by atoms with Crippen molar-refractivity contribution in [2.75, 3.05) is 10.6 Å². The summed E-state index contributed by atoms with van der Waals surface area (Å²) in [5.41, 5.74) is 2.08. The standard InChI is InChI=1S/C22H26N2O4/c1-3-4-5-6-7-20(25)23-17-11-9-16(10-12-17)21(26)24-19-13-8-15(2)14-18(19)22(27)28/h8-14H,3-7H2,1-2H3,(H,23,25)(H,24,26)(H,27,28). The van der Waals surface area contributed by atoms with Crippen LogP contribution < -0.4 is 10.6 Å². The molecule has 0 spiro atoms. The summed E-state index contributed by atoms with van der Waals surface area (Å²) in [5.74, 6) is -1.56. The van der Waals surface area contributed by atoms with Crippen LogP contribution in [0.4, 0.5) is 11.4 Å². The smallest absolute Gasteiger partial charge is 0.337 e. The Bertz CT molecular complexity index is 844. The number of aromatic carboxylic acids is 1. The Morgan fingerprint density at radius 3 is 2.29 bits per heavy atom. The Hall–Kier alpha value is -3.15. The number of hydrogen-bond acceptors (Lipinski definition) is 3. The highest BCUT2D eigenvalue weighted by atomic mass is 16.4. The molecule has 3 N–H and O–H groups in total. The third-order valence-corrected chi connectivity index (χ3v) is 4.34. The van der Waals surface area contributed by atoms with Crippen molar-refractivity contribution >= 4 is 29.2 Å². The molecule has 0 unspecified atom stereocenters. The molecule has 0 aliphatic rings. The first-order valence-corrected chi connectivity index (χ1v) is 9.46. The van der Waals surface area contributed by atoms with Gasteiger partial charge < -0.3 is 15.7 Å². The van der Waals surface area contributed by atoms with E-state index in [0.29, 0.717) is 17.7 Å². The normalized spacial score (nSPS) is 10.4. The lowest BCUT2D eigenvalue weighted by atomic mass is 10.1. The number of nitrogens with one attached hydrogen (secondary N) is 2. The summed E-state index contributed by atoms with van der Waals surface area (Å²) in [6.07, 6.45) is 4.64. The Balaban J connectivity index is 1.97. The fourth-order valence-electron chi connectivity index (χ4n) is 2.78. The number of carbonyl (C=O) groups excluding carboxylic acids is 2. The number of benzene rings is 2. The second-order valence-corrected chi connectivity index (χ2v) is 6.74. The van der Waals surface area contributed by atoms with Crippen molar-refractivity contribution in [1.29, 1.82) is 0 Å². The Labute approximate surface area is 165 Å². The van der Waals surface area contributed by atoms with Crippen molar-refractivity contribution < 1.29 is 19.5 Å². The predicted octanol–water partition coefficient (Wildman–Crippen LogP) is 4.85. The van der Waals surface area contributed by atoms with Crippen LogP contribution in [0.2, 0.25) is 0 Å². The van der Waals surface area contributed by atoms with Crippen molar-refractivity contribution in [2.24, 2.45) is 0 Å². The van der Waals surface area contributed by atoms with Gasteiger partial charge in [0.05, 0.1) is 11.3 Å². The number of carboxylic acid groups (broad SMARTS) is 1. The van der Waals surface area contributed by atoms with E-state index in [1.54, 1.807) is 43.3 Å². The van der Waals surface area contributed by atoms with Crippen molar-refractivity contribution in [2.45, 2.75) is 46.0 Å². The highest BCUT2D eigenvalue weighted by molar-refractivity contribution is 6.08. The predicted molar refractivity (Wildman–Crippen MR) is 110 cm³/mol. The molecule has 148 valence electrons. The molecule has 0 aliphatic heterocycles. The highest BCUT2D eigenvalue weighted by Gasteiger charge is 2.14. The van der Waals surface area contributed by atoms with Crippen molar-refractivity contribution in [1.82, 2.24) is 0 Å². The molecule has 2 amide bonds. The molecule has 0 radical (unpaired) electrons. The van der Waals surface area contributed by atoms with Gasteiger partial charge >= 0.3 is 5.97 Å². The number of amides is 2. The molecule has 0 saturated heterocycles. The number of rotatable bonds is 9. The molecule has 0 aliphatic carbocycles. The average Bonchev–Trinajstić information content (AvgIpc) is 2.67. The van der Waals surface area contributed by atoms with Crippen LogP contribution in [0.25, 0.3) is 0 Å². The minimum absolute atomic E-state index is 0.0420. The van der Waals surface area contributed by atoms with Crippen molar-refractivity contribution in [3.05, 3.63) is 59.2 Å². The second-order valence-electron chi connectivity index (χ2n) is 6.74. The first-order valence-electron chi connectivity index (χ1n) is 9.46. The zero-order chi connectivity index (χ0) is 20.5. The number of carbonyl (C=O) groups is 3. The molecule has 0 saturated carbocycles. The third-order valence-electron chi connectivity index (χ3n) is 4.34. The SMILES string of the molecule is CCCCCCC(=O)Nc1ccc(C(=O)Nc2ccc(C)cc2C(=O)O)cc1. The first kappa shape index (κ1) is 21.2. The summed E-state index contributed by atoms with van der Waals surface area (Å²) in [6, 6.07) is 11.3. The topological polar surface area (TPSA) is 95.5 Å². The van der Waals surface area contributed by atoms with Gasteiger partial charge in [0.25, 0.3) is 5.91 Å². The van der Waals surface area contributed by atoms with Gasteiger partial charge in [0.15, 0.2) is 0 Å². The van der Waals surface area contributed by atoms with Gasteiger partial charge in [-0.15, -0.1) is 0 Å². The minimum atomic E-state index is -1.10. The summed E-state index contributed by atoms with van der Waals surface area (Å²) in [5, 5.41) is 14.7. The molecule has 0 heterocycles. The summed E-state index contributed by atoms with van der Waals surface area (Å²) >= 11 is 0. The summed E-state index contributed by atoms with van der Waals surface area (Å²) in [4.78, 5) is 35.7. The van der Waals surface area contributed by atoms with E-state index in [-0.39, 0.29) is 17.2 Å². The van der Waals surface area contributed by atoms with Crippen LogP contribution in [-0.2, 0) is 4.79 Å². The van der Waals surface area contributed by atoms with Gasteiger partial charge in [-0.2, -0.15) is 0 Å². The number of carboxylic acids is 1. The Kier molecular flexibility index (Phi) is 7.75. The van der Waals surface area contributed by atoms with Crippen LogP contribution in [0.15, 0.2) is 42.5 Å². The molecule has 28 heavy (non-hydrogen) atoms. The Morgan fingerprint density at radius 2 is 1.64 bits per heavy atom. The maximum absolute atomic E-state index is 12.4. The molecular formula is C22H26N2O4. The summed E-state index contributed by atoms with van der Waals surface area (Å²) in [6.45, 7) is 3.91. The number of unbranched alkanes of at least 4 members (excludes halogenated alkanes) is 3. The zero-order valence-corrected chi connectivity index (χ0v) is 16.2. The largest absolute Gasteiger partial charge is 0.478 e. The van der Waals surface area contributed by atoms with Crippen LogP contribution in [0.5, 0.6) is 0 Å². The highest BCUT2D eigenvalue weighted by Crippen LogP contribution is 2.19. The van der Waals surface area contributed by atoms with Gasteiger partial charge in [0.2, 0.25) is 5.91 Å². The zero-order valence-electron chi connectivity index (χ0n) is 16.2. The molecule has 0 atom stereocenters. The van der Waals surface area contributed by atoms with E-state index in [9.17, 15) is 19.5 Å². The van der Waals surface area contributed by atoms with Gasteiger partial charge in [0, 0.05) is 17.7 Å². The Morgan fingerprint density at radius 1 is 0.929 bits per heavy atom. The average molecular weight is 382 g/mol. The van der Waals surface area contributed by atoms with Crippen LogP contribution >= 0.6 is 0 Å². The molecule has 2 aromatic rings. The van der Waals surface area contributed by atoms with Gasteiger partial charge in [-0.05, 0) is 49.7 Å². The molecule has 2 rings (SSSR count). The van der Waals surface area contributed by atoms with E-state index < -0.39 is 11.9 Å². The van der Waals surface area contributed by atoms with Crippen LogP contribution in [0.1, 0.15) is 65.3 Å². The lowest BCUT2D eigenvalue weighted by molar-refractivity contribution is -0.116. The van der Waals surface area contributed by atoms with Crippen LogP contribution in [0, 0.1) is 6.92 Å². The van der Waals surface area contributed by atoms with E-state index in [4.69, 9.17) is 0 Å². The quantitative estimate of drug-likeness (QED) is 0.540. The first-order chi connectivity index (χ1) is 13.4. The maximum Gasteiger partial charge on any atom is 0.337 e. The van der Waals surface area contributed by atoms with Crippen LogP contribution in [-0.4, -0.2) is 22.9 Å². The monoisotopic (exact) mass is 382 g/mol. The van der Waals surface area contributed by atoms with Gasteiger partial charge in [-0.25, -0.2) is 4.79 Å². The summed E-state index contributed by atoms with van der Waals surface area (Å²) < 4.78 is 0. The maximum atomic E-state index is 12.4. The van der Waals surface area contributed by atoms with Crippen molar-refractivity contribution in [3.8, 4) is 0 Å². The van der Waals surface area contributed by atoms with Crippen LogP contribution in [0.3, 0.4) is 0 Å². The van der Waals surface area contributed by atoms with Gasteiger partial charge in [0.1, 0.15) is 0 Å². The van der Waals surface area contributed by atoms with E-state index in [0.717, 1.165) is 31.2 Å².